The van der Waals surface area contributed by atoms with Gasteiger partial charge in [-0.1, -0.05) is 36.4 Å². The summed E-state index contributed by atoms with van der Waals surface area (Å²) in [6, 6.07) is 15.4. The van der Waals surface area contributed by atoms with Gasteiger partial charge in [-0.05, 0) is 52.7 Å². The van der Waals surface area contributed by atoms with Crippen molar-refractivity contribution in [2.75, 3.05) is 6.61 Å². The second-order valence-electron chi connectivity index (χ2n) is 4.33. The van der Waals surface area contributed by atoms with Crippen LogP contribution in [0.1, 0.15) is 22.8 Å². The van der Waals surface area contributed by atoms with Crippen molar-refractivity contribution >= 4 is 27.8 Å². The molecule has 0 saturated heterocycles. The number of ketones is 1. The average Bonchev–Trinajstić information content (AvgIpc) is 2.46. The number of ether oxygens (including phenoxy) is 1. The Morgan fingerprint density at radius 3 is 2.60 bits per heavy atom. The van der Waals surface area contributed by atoms with Crippen molar-refractivity contribution in [3.63, 3.8) is 0 Å². The molecule has 3 heteroatoms. The van der Waals surface area contributed by atoms with Crippen LogP contribution < -0.4 is 4.74 Å². The van der Waals surface area contributed by atoms with Gasteiger partial charge < -0.3 is 4.74 Å². The summed E-state index contributed by atoms with van der Waals surface area (Å²) in [4.78, 5) is 11.3. The Kier molecular flexibility index (Phi) is 5.13. The number of hydrogen-bond donors (Lipinski definition) is 0. The van der Waals surface area contributed by atoms with E-state index in [1.165, 1.54) is 0 Å². The fourth-order valence-electron chi connectivity index (χ4n) is 1.72. The van der Waals surface area contributed by atoms with Crippen molar-refractivity contribution in [2.24, 2.45) is 0 Å². The van der Waals surface area contributed by atoms with Gasteiger partial charge in [0.2, 0.25) is 0 Å². The van der Waals surface area contributed by atoms with Crippen LogP contribution in [0.2, 0.25) is 0 Å². The third-order valence-electron chi connectivity index (χ3n) is 2.78. The molecule has 2 rings (SSSR count). The number of benzene rings is 2. The first-order chi connectivity index (χ1) is 9.66. The largest absolute Gasteiger partial charge is 0.488 e. The third kappa shape index (κ3) is 4.07. The van der Waals surface area contributed by atoms with Gasteiger partial charge in [-0.15, -0.1) is 0 Å². The van der Waals surface area contributed by atoms with E-state index in [-0.39, 0.29) is 5.78 Å². The van der Waals surface area contributed by atoms with E-state index in [2.05, 4.69) is 15.9 Å². The van der Waals surface area contributed by atoms with Gasteiger partial charge in [0.15, 0.2) is 5.78 Å². The summed E-state index contributed by atoms with van der Waals surface area (Å²) < 4.78 is 6.44. The molecule has 0 aromatic heterocycles. The van der Waals surface area contributed by atoms with Crippen LogP contribution in [0.25, 0.3) is 6.08 Å². The predicted molar refractivity (Wildman–Crippen MR) is 85.1 cm³/mol. The zero-order valence-corrected chi connectivity index (χ0v) is 12.8. The average molecular weight is 331 g/mol. The van der Waals surface area contributed by atoms with E-state index in [4.69, 9.17) is 4.74 Å². The van der Waals surface area contributed by atoms with Crippen molar-refractivity contribution in [2.45, 2.75) is 6.92 Å². The van der Waals surface area contributed by atoms with Gasteiger partial charge in [0, 0.05) is 5.56 Å². The molecule has 0 unspecified atom stereocenters. The number of carbonyl (C=O) groups is 1. The van der Waals surface area contributed by atoms with Gasteiger partial charge in [0.1, 0.15) is 12.4 Å². The fraction of sp³-hybridized carbons (Fsp3) is 0.118. The fourth-order valence-corrected chi connectivity index (χ4v) is 2.22. The molecule has 2 aromatic rings. The summed E-state index contributed by atoms with van der Waals surface area (Å²) in [6.07, 6.45) is 3.97. The summed E-state index contributed by atoms with van der Waals surface area (Å²) in [5, 5.41) is 0. The molecule has 0 saturated carbocycles. The second kappa shape index (κ2) is 7.06. The highest BCUT2D eigenvalue weighted by molar-refractivity contribution is 9.10. The SMILES string of the molecule is CC(=O)c1ccc(OCC=Cc2ccccc2)c(Br)c1. The van der Waals surface area contributed by atoms with Gasteiger partial charge in [0.25, 0.3) is 0 Å². The Labute approximate surface area is 127 Å². The first-order valence-corrected chi connectivity index (χ1v) is 7.11. The number of halogens is 1. The van der Waals surface area contributed by atoms with Crippen LogP contribution in [0.4, 0.5) is 0 Å². The predicted octanol–water partition coefficient (Wildman–Crippen LogP) is 4.74. The molecule has 20 heavy (non-hydrogen) atoms. The molecule has 0 aliphatic carbocycles. The number of hydrogen-bond acceptors (Lipinski definition) is 2. The zero-order chi connectivity index (χ0) is 14.4. The van der Waals surface area contributed by atoms with Crippen molar-refractivity contribution < 1.29 is 9.53 Å². The Bertz CT molecular complexity index is 618. The van der Waals surface area contributed by atoms with Gasteiger partial charge in [0.05, 0.1) is 4.47 Å². The maximum absolute atomic E-state index is 11.3. The highest BCUT2D eigenvalue weighted by Gasteiger charge is 2.04. The highest BCUT2D eigenvalue weighted by atomic mass is 79.9. The molecule has 0 atom stereocenters. The lowest BCUT2D eigenvalue weighted by atomic mass is 10.1. The van der Waals surface area contributed by atoms with Crippen LogP contribution in [0.5, 0.6) is 5.75 Å². The normalized spacial score (nSPS) is 10.7. The smallest absolute Gasteiger partial charge is 0.159 e. The lowest BCUT2D eigenvalue weighted by Gasteiger charge is -2.06. The molecule has 0 N–H and O–H groups in total. The summed E-state index contributed by atoms with van der Waals surface area (Å²) in [5.74, 6) is 0.772. The van der Waals surface area contributed by atoms with Crippen LogP contribution in [0.15, 0.2) is 59.1 Å². The molecular weight excluding hydrogens is 316 g/mol. The molecule has 0 heterocycles. The molecule has 0 aliphatic rings. The number of carbonyl (C=O) groups excluding carboxylic acids is 1. The topological polar surface area (TPSA) is 26.3 Å². The molecule has 0 amide bonds. The van der Waals surface area contributed by atoms with Crippen LogP contribution in [0.3, 0.4) is 0 Å². The maximum Gasteiger partial charge on any atom is 0.159 e. The van der Waals surface area contributed by atoms with Crippen molar-refractivity contribution in [1.29, 1.82) is 0 Å². The molecule has 0 bridgehead atoms. The number of Topliss-reactive ketones (excluding diaryl/α,β-unsaturated/α-hetero) is 1. The summed E-state index contributed by atoms with van der Waals surface area (Å²) in [7, 11) is 0. The van der Waals surface area contributed by atoms with E-state index >= 15 is 0 Å². The Morgan fingerprint density at radius 2 is 1.95 bits per heavy atom. The molecule has 102 valence electrons. The lowest BCUT2D eigenvalue weighted by molar-refractivity contribution is 0.101. The van der Waals surface area contributed by atoms with Crippen LogP contribution in [-0.4, -0.2) is 12.4 Å². The first kappa shape index (κ1) is 14.5. The van der Waals surface area contributed by atoms with Crippen molar-refractivity contribution in [3.05, 3.63) is 70.2 Å². The van der Waals surface area contributed by atoms with Crippen LogP contribution >= 0.6 is 15.9 Å². The highest BCUT2D eigenvalue weighted by Crippen LogP contribution is 2.26. The molecule has 2 nitrogen and oxygen atoms in total. The van der Waals surface area contributed by atoms with E-state index in [9.17, 15) is 4.79 Å². The van der Waals surface area contributed by atoms with Crippen LogP contribution in [-0.2, 0) is 0 Å². The Balaban J connectivity index is 1.94. The van der Waals surface area contributed by atoms with Gasteiger partial charge in [-0.2, -0.15) is 0 Å². The quantitative estimate of drug-likeness (QED) is 0.740. The maximum atomic E-state index is 11.3. The van der Waals surface area contributed by atoms with Gasteiger partial charge in [-0.25, -0.2) is 0 Å². The van der Waals surface area contributed by atoms with Crippen molar-refractivity contribution in [1.82, 2.24) is 0 Å². The zero-order valence-electron chi connectivity index (χ0n) is 11.2. The molecule has 0 fully saturated rings. The molecule has 0 aliphatic heterocycles. The van der Waals surface area contributed by atoms with Gasteiger partial charge in [-0.3, -0.25) is 4.79 Å². The minimum atomic E-state index is 0.0428. The second-order valence-corrected chi connectivity index (χ2v) is 5.18. The standard InChI is InChI=1S/C17H15BrO2/c1-13(19)15-9-10-17(16(18)12-15)20-11-5-8-14-6-3-2-4-7-14/h2-10,12H,11H2,1H3. The molecular formula is C17H15BrO2. The Hall–Kier alpha value is -1.87. The third-order valence-corrected chi connectivity index (χ3v) is 3.40. The van der Waals surface area contributed by atoms with Gasteiger partial charge >= 0.3 is 0 Å². The Morgan fingerprint density at radius 1 is 1.20 bits per heavy atom. The number of rotatable bonds is 5. The van der Waals surface area contributed by atoms with E-state index in [0.29, 0.717) is 12.2 Å². The van der Waals surface area contributed by atoms with E-state index in [1.54, 1.807) is 25.1 Å². The van der Waals surface area contributed by atoms with Crippen LogP contribution in [0, 0.1) is 0 Å². The van der Waals surface area contributed by atoms with E-state index in [1.807, 2.05) is 42.5 Å². The van der Waals surface area contributed by atoms with Crippen molar-refractivity contribution in [3.8, 4) is 5.75 Å². The molecule has 0 radical (unpaired) electrons. The minimum absolute atomic E-state index is 0.0428. The lowest BCUT2D eigenvalue weighted by Crippen LogP contribution is -1.97. The first-order valence-electron chi connectivity index (χ1n) is 6.31. The summed E-state index contributed by atoms with van der Waals surface area (Å²) in [5.41, 5.74) is 1.81. The van der Waals surface area contributed by atoms with E-state index < -0.39 is 0 Å². The summed E-state index contributed by atoms with van der Waals surface area (Å²) in [6.45, 7) is 2.03. The van der Waals surface area contributed by atoms with E-state index in [0.717, 1.165) is 15.8 Å². The minimum Gasteiger partial charge on any atom is -0.488 e. The molecule has 0 spiro atoms. The monoisotopic (exact) mass is 330 g/mol. The molecule has 2 aromatic carbocycles. The summed E-state index contributed by atoms with van der Waals surface area (Å²) >= 11 is 3.41.